The molecule has 0 spiro atoms. The standard InChI is InChI=1S/C33H25N5S/c34-21-25-26(22-13-5-1-6-14-22)31-30(35-32(25)38-19-11-4-12-20-38)28-27(23-15-7-2-8-16-23)29(36-37-33(28)39-31)24-17-9-3-10-18-24/h1-3,5-10,13-18H,4,11-12,19-20H2. The van der Waals surface area contributed by atoms with Gasteiger partial charge in [-0.3, -0.25) is 0 Å². The molecule has 5 nitrogen and oxygen atoms in total. The van der Waals surface area contributed by atoms with E-state index in [9.17, 15) is 5.26 Å². The Bertz CT molecular complexity index is 1830. The molecule has 0 atom stereocenters. The molecule has 1 aliphatic heterocycles. The normalized spacial score (nSPS) is 13.6. The first kappa shape index (κ1) is 23.5. The molecule has 0 amide bonds. The fraction of sp³-hybridized carbons (Fsp3) is 0.152. The van der Waals surface area contributed by atoms with Gasteiger partial charge in [0.15, 0.2) is 0 Å². The first-order valence-electron chi connectivity index (χ1n) is 13.3. The Hall–Kier alpha value is -4.60. The molecule has 0 bridgehead atoms. The van der Waals surface area contributed by atoms with E-state index in [0.29, 0.717) is 5.56 Å². The number of benzene rings is 3. The van der Waals surface area contributed by atoms with Gasteiger partial charge in [0.25, 0.3) is 0 Å². The van der Waals surface area contributed by atoms with E-state index in [0.717, 1.165) is 85.7 Å². The predicted octanol–water partition coefficient (Wildman–Crippen LogP) is 8.10. The van der Waals surface area contributed by atoms with Crippen LogP contribution in [0.15, 0.2) is 91.0 Å². The van der Waals surface area contributed by atoms with Gasteiger partial charge in [-0.25, -0.2) is 4.98 Å². The van der Waals surface area contributed by atoms with Crippen LogP contribution < -0.4 is 4.90 Å². The Morgan fingerprint density at radius 1 is 0.692 bits per heavy atom. The number of pyridine rings is 1. The summed E-state index contributed by atoms with van der Waals surface area (Å²) in [7, 11) is 0. The van der Waals surface area contributed by atoms with Gasteiger partial charge in [0.05, 0.1) is 10.2 Å². The van der Waals surface area contributed by atoms with E-state index < -0.39 is 0 Å². The van der Waals surface area contributed by atoms with Crippen molar-refractivity contribution in [2.24, 2.45) is 0 Å². The van der Waals surface area contributed by atoms with Crippen molar-refractivity contribution in [1.82, 2.24) is 15.2 Å². The molecule has 0 radical (unpaired) electrons. The summed E-state index contributed by atoms with van der Waals surface area (Å²) < 4.78 is 0.977. The number of nitrogens with zero attached hydrogens (tertiary/aromatic N) is 5. The number of piperidine rings is 1. The van der Waals surface area contributed by atoms with Gasteiger partial charge in [-0.05, 0) is 30.4 Å². The van der Waals surface area contributed by atoms with Crippen molar-refractivity contribution in [2.45, 2.75) is 19.3 Å². The maximum absolute atomic E-state index is 10.5. The van der Waals surface area contributed by atoms with Gasteiger partial charge >= 0.3 is 0 Å². The Labute approximate surface area is 231 Å². The van der Waals surface area contributed by atoms with E-state index >= 15 is 0 Å². The zero-order valence-electron chi connectivity index (χ0n) is 21.3. The highest BCUT2D eigenvalue weighted by Gasteiger charge is 2.27. The van der Waals surface area contributed by atoms with E-state index in [-0.39, 0.29) is 0 Å². The fourth-order valence-electron chi connectivity index (χ4n) is 5.64. The molecule has 1 aliphatic rings. The number of thiophene rings is 1. The Morgan fingerprint density at radius 2 is 1.28 bits per heavy atom. The fourth-order valence-corrected chi connectivity index (χ4v) is 6.78. The summed E-state index contributed by atoms with van der Waals surface area (Å²) >= 11 is 1.58. The zero-order valence-corrected chi connectivity index (χ0v) is 22.2. The van der Waals surface area contributed by atoms with Crippen LogP contribution in [0.25, 0.3) is 53.9 Å². The molecule has 6 aromatic rings. The van der Waals surface area contributed by atoms with Gasteiger partial charge in [0.2, 0.25) is 0 Å². The number of rotatable bonds is 4. The third kappa shape index (κ3) is 4.03. The number of fused-ring (bicyclic) bond motifs is 3. The minimum absolute atomic E-state index is 0.639. The van der Waals surface area contributed by atoms with Crippen LogP contribution >= 0.6 is 11.3 Å². The smallest absolute Gasteiger partial charge is 0.149 e. The monoisotopic (exact) mass is 523 g/mol. The van der Waals surface area contributed by atoms with Gasteiger partial charge in [-0.2, -0.15) is 5.26 Å². The molecule has 3 aromatic carbocycles. The number of nitriles is 1. The minimum Gasteiger partial charge on any atom is -0.355 e. The largest absolute Gasteiger partial charge is 0.355 e. The van der Waals surface area contributed by atoms with Crippen molar-refractivity contribution < 1.29 is 0 Å². The molecule has 3 aromatic heterocycles. The van der Waals surface area contributed by atoms with Gasteiger partial charge < -0.3 is 4.90 Å². The maximum Gasteiger partial charge on any atom is 0.149 e. The molecule has 39 heavy (non-hydrogen) atoms. The SMILES string of the molecule is N#Cc1c(N2CCCCC2)nc2c(sc3nnc(-c4ccccc4)c(-c4ccccc4)c32)c1-c1ccccc1. The highest BCUT2D eigenvalue weighted by molar-refractivity contribution is 7.26. The summed E-state index contributed by atoms with van der Waals surface area (Å²) in [5.74, 6) is 0.778. The van der Waals surface area contributed by atoms with Crippen LogP contribution in [0, 0.1) is 11.3 Å². The number of hydrogen-bond donors (Lipinski definition) is 0. The second kappa shape index (κ2) is 9.94. The Balaban J connectivity index is 1.64. The van der Waals surface area contributed by atoms with Crippen molar-refractivity contribution in [2.75, 3.05) is 18.0 Å². The molecule has 1 saturated heterocycles. The molecule has 7 rings (SSSR count). The van der Waals surface area contributed by atoms with Gasteiger partial charge in [0.1, 0.15) is 28.0 Å². The summed E-state index contributed by atoms with van der Waals surface area (Å²) in [5.41, 5.74) is 7.43. The first-order chi connectivity index (χ1) is 19.3. The molecule has 4 heterocycles. The van der Waals surface area contributed by atoms with Gasteiger partial charge in [-0.1, -0.05) is 91.0 Å². The van der Waals surface area contributed by atoms with Gasteiger partial charge in [-0.15, -0.1) is 21.5 Å². The summed E-state index contributed by atoms with van der Waals surface area (Å²) in [5, 5.41) is 21.0. The molecule has 188 valence electrons. The topological polar surface area (TPSA) is 65.7 Å². The molecule has 0 unspecified atom stereocenters. The Kier molecular flexibility index (Phi) is 5.99. The van der Waals surface area contributed by atoms with Gasteiger partial charge in [0, 0.05) is 35.2 Å². The lowest BCUT2D eigenvalue weighted by Crippen LogP contribution is -2.31. The van der Waals surface area contributed by atoms with E-state index in [1.54, 1.807) is 11.3 Å². The molecule has 0 aliphatic carbocycles. The van der Waals surface area contributed by atoms with Crippen LogP contribution in [-0.4, -0.2) is 28.3 Å². The molecular weight excluding hydrogens is 498 g/mol. The molecule has 1 fully saturated rings. The molecule has 0 N–H and O–H groups in total. The van der Waals surface area contributed by atoms with E-state index in [1.165, 1.54) is 6.42 Å². The number of hydrogen-bond acceptors (Lipinski definition) is 6. The first-order valence-corrected chi connectivity index (χ1v) is 14.1. The summed E-state index contributed by atoms with van der Waals surface area (Å²) in [6, 6.07) is 33.4. The predicted molar refractivity (Wildman–Crippen MR) is 160 cm³/mol. The Morgan fingerprint density at radius 3 is 1.90 bits per heavy atom. The molecule has 6 heteroatoms. The van der Waals surface area contributed by atoms with Crippen LogP contribution in [0.2, 0.25) is 0 Å². The molecule has 0 saturated carbocycles. The van der Waals surface area contributed by atoms with Crippen LogP contribution in [0.3, 0.4) is 0 Å². The van der Waals surface area contributed by atoms with Crippen LogP contribution in [0.5, 0.6) is 0 Å². The van der Waals surface area contributed by atoms with E-state index in [4.69, 9.17) is 15.2 Å². The van der Waals surface area contributed by atoms with Crippen LogP contribution in [0.1, 0.15) is 24.8 Å². The van der Waals surface area contributed by atoms with Crippen LogP contribution in [0.4, 0.5) is 5.82 Å². The maximum atomic E-state index is 10.5. The lowest BCUT2D eigenvalue weighted by molar-refractivity contribution is 0.574. The third-order valence-electron chi connectivity index (χ3n) is 7.45. The highest BCUT2D eigenvalue weighted by atomic mass is 32.1. The number of anilines is 1. The summed E-state index contributed by atoms with van der Waals surface area (Å²) in [6.07, 6.45) is 3.42. The number of aromatic nitrogens is 3. The van der Waals surface area contributed by atoms with Crippen molar-refractivity contribution in [1.29, 1.82) is 5.26 Å². The quantitative estimate of drug-likeness (QED) is 0.234. The van der Waals surface area contributed by atoms with Crippen molar-refractivity contribution in [3.63, 3.8) is 0 Å². The summed E-state index contributed by atoms with van der Waals surface area (Å²) in [4.78, 5) is 8.44. The molecular formula is C33H25N5S. The van der Waals surface area contributed by atoms with Crippen molar-refractivity contribution in [3.8, 4) is 39.6 Å². The average Bonchev–Trinajstić information content (AvgIpc) is 3.39. The average molecular weight is 524 g/mol. The third-order valence-corrected chi connectivity index (χ3v) is 8.53. The highest BCUT2D eigenvalue weighted by Crippen LogP contribution is 2.47. The van der Waals surface area contributed by atoms with E-state index in [2.05, 4.69) is 59.5 Å². The lowest BCUT2D eigenvalue weighted by atomic mass is 9.95. The van der Waals surface area contributed by atoms with Crippen molar-refractivity contribution >= 4 is 37.6 Å². The second-order valence-electron chi connectivity index (χ2n) is 9.83. The van der Waals surface area contributed by atoms with Crippen LogP contribution in [-0.2, 0) is 0 Å². The van der Waals surface area contributed by atoms with Crippen molar-refractivity contribution in [3.05, 3.63) is 96.6 Å². The lowest BCUT2D eigenvalue weighted by Gasteiger charge is -2.29. The van der Waals surface area contributed by atoms with E-state index in [1.807, 2.05) is 42.5 Å². The zero-order chi connectivity index (χ0) is 26.2. The summed E-state index contributed by atoms with van der Waals surface area (Å²) in [6.45, 7) is 1.81. The second-order valence-corrected chi connectivity index (χ2v) is 10.8. The minimum atomic E-state index is 0.639.